The zero-order valence-corrected chi connectivity index (χ0v) is 20.8. The Morgan fingerprint density at radius 2 is 1.90 bits per heavy atom. The van der Waals surface area contributed by atoms with Crippen molar-refractivity contribution < 1.29 is 9.53 Å². The number of rotatable bonds is 10. The van der Waals surface area contributed by atoms with Crippen LogP contribution in [0.15, 0.2) is 66.2 Å². The van der Waals surface area contributed by atoms with Gasteiger partial charge in [0.2, 0.25) is 0 Å². The Hall–Kier alpha value is -2.55. The van der Waals surface area contributed by atoms with E-state index >= 15 is 0 Å². The highest BCUT2D eigenvalue weighted by molar-refractivity contribution is 14.0. The van der Waals surface area contributed by atoms with Gasteiger partial charge in [-0.1, -0.05) is 49.9 Å². The van der Waals surface area contributed by atoms with E-state index in [4.69, 9.17) is 4.74 Å². The Bertz CT molecular complexity index is 870. The molecule has 6 nitrogen and oxygen atoms in total. The van der Waals surface area contributed by atoms with Gasteiger partial charge in [0.1, 0.15) is 12.4 Å². The zero-order chi connectivity index (χ0) is 21.8. The minimum Gasteiger partial charge on any atom is -0.489 e. The predicted molar refractivity (Wildman–Crippen MR) is 138 cm³/mol. The third-order valence-electron chi connectivity index (χ3n) is 4.64. The summed E-state index contributed by atoms with van der Waals surface area (Å²) in [5, 5.41) is 9.58. The molecule has 0 aliphatic rings. The predicted octanol–water partition coefficient (Wildman–Crippen LogP) is 4.26. The van der Waals surface area contributed by atoms with Gasteiger partial charge in [-0.2, -0.15) is 0 Å². The number of nitrogens with zero attached hydrogens (tertiary/aromatic N) is 1. The normalized spacial score (nSPS) is 11.6. The number of guanidine groups is 1. The maximum atomic E-state index is 12.3. The quantitative estimate of drug-likeness (QED) is 0.184. The van der Waals surface area contributed by atoms with Crippen molar-refractivity contribution in [2.75, 3.05) is 13.7 Å². The molecule has 2 rings (SSSR count). The maximum Gasteiger partial charge on any atom is 0.251 e. The van der Waals surface area contributed by atoms with Crippen LogP contribution in [0.4, 0.5) is 0 Å². The summed E-state index contributed by atoms with van der Waals surface area (Å²) in [6, 6.07) is 15.6. The topological polar surface area (TPSA) is 74.8 Å². The number of aliphatic imine (C=N–C) groups is 1. The molecule has 0 aliphatic heterocycles. The van der Waals surface area contributed by atoms with E-state index in [1.165, 1.54) is 0 Å². The number of nitrogens with one attached hydrogen (secondary N) is 3. The van der Waals surface area contributed by atoms with Crippen LogP contribution < -0.4 is 20.7 Å². The molecule has 0 saturated heterocycles. The Morgan fingerprint density at radius 3 is 2.61 bits per heavy atom. The smallest absolute Gasteiger partial charge is 0.251 e. The number of hydrogen-bond acceptors (Lipinski definition) is 3. The Labute approximate surface area is 202 Å². The first-order valence-corrected chi connectivity index (χ1v) is 10.2. The fourth-order valence-electron chi connectivity index (χ4n) is 2.76. The summed E-state index contributed by atoms with van der Waals surface area (Å²) < 4.78 is 5.70. The van der Waals surface area contributed by atoms with Crippen LogP contribution in [0.3, 0.4) is 0 Å². The van der Waals surface area contributed by atoms with Crippen molar-refractivity contribution in [2.45, 2.75) is 39.4 Å². The van der Waals surface area contributed by atoms with Gasteiger partial charge in [0, 0.05) is 37.3 Å². The summed E-state index contributed by atoms with van der Waals surface area (Å²) in [4.78, 5) is 16.6. The number of benzene rings is 2. The van der Waals surface area contributed by atoms with Crippen molar-refractivity contribution in [3.05, 3.63) is 77.9 Å². The molecule has 2 aromatic rings. The van der Waals surface area contributed by atoms with Crippen molar-refractivity contribution in [3.8, 4) is 5.75 Å². The van der Waals surface area contributed by atoms with Crippen LogP contribution in [0, 0.1) is 0 Å². The lowest BCUT2D eigenvalue weighted by Gasteiger charge is -2.15. The number of ether oxygens (including phenoxy) is 1. The van der Waals surface area contributed by atoms with Crippen LogP contribution in [0.2, 0.25) is 0 Å². The molecule has 0 aliphatic carbocycles. The van der Waals surface area contributed by atoms with Gasteiger partial charge in [-0.25, -0.2) is 0 Å². The van der Waals surface area contributed by atoms with Gasteiger partial charge >= 0.3 is 0 Å². The molecule has 0 spiro atoms. The van der Waals surface area contributed by atoms with Crippen molar-refractivity contribution >= 4 is 35.8 Å². The molecule has 0 aromatic heterocycles. The third-order valence-corrected chi connectivity index (χ3v) is 4.64. The molecule has 0 radical (unpaired) electrons. The average molecular weight is 536 g/mol. The van der Waals surface area contributed by atoms with Gasteiger partial charge < -0.3 is 20.7 Å². The first kappa shape index (κ1) is 26.5. The van der Waals surface area contributed by atoms with E-state index in [1.54, 1.807) is 13.1 Å². The van der Waals surface area contributed by atoms with E-state index in [2.05, 4.69) is 27.5 Å². The molecule has 7 heteroatoms. The van der Waals surface area contributed by atoms with E-state index in [0.717, 1.165) is 23.3 Å². The SMILES string of the molecule is C=CCOc1ccccc1CNC(=NC)NCc1cccc(C(=O)NC(C)CC)c1.I. The molecule has 1 amide bonds. The van der Waals surface area contributed by atoms with Crippen molar-refractivity contribution in [3.63, 3.8) is 0 Å². The number of carbonyl (C=O) groups excluding carboxylic acids is 1. The monoisotopic (exact) mass is 536 g/mol. The lowest BCUT2D eigenvalue weighted by Crippen LogP contribution is -2.36. The van der Waals surface area contributed by atoms with E-state index in [1.807, 2.05) is 62.4 Å². The molecule has 168 valence electrons. The summed E-state index contributed by atoms with van der Waals surface area (Å²) >= 11 is 0. The number of para-hydroxylation sites is 1. The molecule has 0 fully saturated rings. The van der Waals surface area contributed by atoms with E-state index in [9.17, 15) is 4.79 Å². The molecular weight excluding hydrogens is 503 g/mol. The second-order valence-corrected chi connectivity index (χ2v) is 6.97. The third kappa shape index (κ3) is 9.00. The molecule has 0 saturated carbocycles. The standard InChI is InChI=1S/C24H32N4O2.HI/c1-5-14-30-22-13-8-7-11-21(22)17-27-24(25-4)26-16-19-10-9-12-20(15-19)23(29)28-18(3)6-2;/h5,7-13,15,18H,1,6,14,16-17H2,2-4H3,(H,28,29)(H2,25,26,27);1H. The molecule has 3 N–H and O–H groups in total. The second kappa shape index (κ2) is 14.5. The van der Waals surface area contributed by atoms with Crippen LogP contribution in [0.25, 0.3) is 0 Å². The average Bonchev–Trinajstić information content (AvgIpc) is 2.78. The van der Waals surface area contributed by atoms with Crippen LogP contribution in [0.1, 0.15) is 41.8 Å². The summed E-state index contributed by atoms with van der Waals surface area (Å²) in [7, 11) is 1.73. The highest BCUT2D eigenvalue weighted by atomic mass is 127. The van der Waals surface area contributed by atoms with Crippen LogP contribution in [-0.4, -0.2) is 31.6 Å². The number of amides is 1. The highest BCUT2D eigenvalue weighted by Crippen LogP contribution is 2.17. The largest absolute Gasteiger partial charge is 0.489 e. The summed E-state index contributed by atoms with van der Waals surface area (Å²) in [6.45, 7) is 9.33. The van der Waals surface area contributed by atoms with E-state index < -0.39 is 0 Å². The second-order valence-electron chi connectivity index (χ2n) is 6.97. The fourth-order valence-corrected chi connectivity index (χ4v) is 2.76. The van der Waals surface area contributed by atoms with Crippen LogP contribution in [-0.2, 0) is 13.1 Å². The minimum atomic E-state index is -0.0511. The molecule has 1 atom stereocenters. The number of halogens is 1. The van der Waals surface area contributed by atoms with Gasteiger partial charge in [-0.3, -0.25) is 9.79 Å². The Kier molecular flexibility index (Phi) is 12.3. The first-order chi connectivity index (χ1) is 14.6. The molecule has 2 aromatic carbocycles. The van der Waals surface area contributed by atoms with Gasteiger partial charge in [-0.05, 0) is 37.1 Å². The van der Waals surface area contributed by atoms with Gasteiger partial charge in [0.25, 0.3) is 5.91 Å². The Morgan fingerprint density at radius 1 is 1.16 bits per heavy atom. The van der Waals surface area contributed by atoms with Gasteiger partial charge in [0.15, 0.2) is 5.96 Å². The van der Waals surface area contributed by atoms with Gasteiger partial charge in [-0.15, -0.1) is 24.0 Å². The summed E-state index contributed by atoms with van der Waals surface area (Å²) in [6.07, 6.45) is 2.62. The lowest BCUT2D eigenvalue weighted by molar-refractivity contribution is 0.0939. The molecule has 0 bridgehead atoms. The minimum absolute atomic E-state index is 0. The number of hydrogen-bond donors (Lipinski definition) is 3. The maximum absolute atomic E-state index is 12.3. The van der Waals surface area contributed by atoms with E-state index in [-0.39, 0.29) is 35.9 Å². The molecule has 0 heterocycles. The Balaban J connectivity index is 0.00000480. The van der Waals surface area contributed by atoms with Crippen molar-refractivity contribution in [1.29, 1.82) is 0 Å². The lowest BCUT2D eigenvalue weighted by atomic mass is 10.1. The molecular formula is C24H33IN4O2. The van der Waals surface area contributed by atoms with E-state index in [0.29, 0.717) is 31.2 Å². The van der Waals surface area contributed by atoms with Gasteiger partial charge in [0.05, 0.1) is 0 Å². The fraction of sp³-hybridized carbons (Fsp3) is 0.333. The molecule has 31 heavy (non-hydrogen) atoms. The van der Waals surface area contributed by atoms with Crippen LogP contribution in [0.5, 0.6) is 5.75 Å². The summed E-state index contributed by atoms with van der Waals surface area (Å²) in [5.74, 6) is 1.44. The molecule has 1 unspecified atom stereocenters. The van der Waals surface area contributed by atoms with Crippen molar-refractivity contribution in [1.82, 2.24) is 16.0 Å². The summed E-state index contributed by atoms with van der Waals surface area (Å²) in [5.41, 5.74) is 2.70. The first-order valence-electron chi connectivity index (χ1n) is 10.2. The zero-order valence-electron chi connectivity index (χ0n) is 18.5. The van der Waals surface area contributed by atoms with Crippen LogP contribution >= 0.6 is 24.0 Å². The highest BCUT2D eigenvalue weighted by Gasteiger charge is 2.09. The van der Waals surface area contributed by atoms with Crippen molar-refractivity contribution in [2.24, 2.45) is 4.99 Å². The number of carbonyl (C=O) groups is 1.